The van der Waals surface area contributed by atoms with Gasteiger partial charge in [-0.3, -0.25) is 0 Å². The van der Waals surface area contributed by atoms with E-state index >= 15 is 0 Å². The maximum atomic E-state index is 12.7. The van der Waals surface area contributed by atoms with Crippen LogP contribution in [-0.4, -0.2) is 0 Å². The molecule has 0 heterocycles. The van der Waals surface area contributed by atoms with Crippen LogP contribution in [0.1, 0.15) is 37.3 Å². The van der Waals surface area contributed by atoms with E-state index in [9.17, 15) is 8.78 Å². The van der Waals surface area contributed by atoms with Gasteiger partial charge in [0.05, 0.1) is 0 Å². The normalized spacial score (nSPS) is 15.7. The molecule has 0 aliphatic carbocycles. The molecule has 0 aliphatic heterocycles. The SMILES string of the molecule is CC(F)c1ccc(C(C)F)cc1. The van der Waals surface area contributed by atoms with E-state index in [2.05, 4.69) is 0 Å². The summed E-state index contributed by atoms with van der Waals surface area (Å²) >= 11 is 0. The molecule has 0 aliphatic rings. The number of hydrogen-bond donors (Lipinski definition) is 0. The minimum Gasteiger partial charge on any atom is -0.243 e. The van der Waals surface area contributed by atoms with E-state index in [0.717, 1.165) is 0 Å². The standard InChI is InChI=1S/C10H12F2/c1-7(11)9-3-5-10(6-4-9)8(2)12/h3-8H,1-2H3. The molecular weight excluding hydrogens is 158 g/mol. The van der Waals surface area contributed by atoms with Crippen LogP contribution in [0, 0.1) is 0 Å². The summed E-state index contributed by atoms with van der Waals surface area (Å²) in [6, 6.07) is 6.48. The Morgan fingerprint density at radius 1 is 0.833 bits per heavy atom. The molecule has 0 N–H and O–H groups in total. The van der Waals surface area contributed by atoms with Gasteiger partial charge < -0.3 is 0 Å². The molecule has 66 valence electrons. The van der Waals surface area contributed by atoms with Gasteiger partial charge >= 0.3 is 0 Å². The summed E-state index contributed by atoms with van der Waals surface area (Å²) in [5.74, 6) is 0. The fraction of sp³-hybridized carbons (Fsp3) is 0.400. The molecular formula is C10H12F2. The van der Waals surface area contributed by atoms with Crippen molar-refractivity contribution in [2.45, 2.75) is 26.2 Å². The van der Waals surface area contributed by atoms with E-state index in [1.807, 2.05) is 0 Å². The van der Waals surface area contributed by atoms with E-state index in [-0.39, 0.29) is 0 Å². The van der Waals surface area contributed by atoms with E-state index in [4.69, 9.17) is 0 Å². The van der Waals surface area contributed by atoms with E-state index in [1.165, 1.54) is 13.8 Å². The van der Waals surface area contributed by atoms with Gasteiger partial charge in [0.25, 0.3) is 0 Å². The molecule has 12 heavy (non-hydrogen) atoms. The van der Waals surface area contributed by atoms with Gasteiger partial charge in [-0.25, -0.2) is 8.78 Å². The lowest BCUT2D eigenvalue weighted by Crippen LogP contribution is -1.88. The molecule has 0 radical (unpaired) electrons. The van der Waals surface area contributed by atoms with Gasteiger partial charge in [-0.05, 0) is 25.0 Å². The second-order valence-corrected chi connectivity index (χ2v) is 2.90. The van der Waals surface area contributed by atoms with Crippen LogP contribution in [0.3, 0.4) is 0 Å². The van der Waals surface area contributed by atoms with Gasteiger partial charge in [0, 0.05) is 0 Å². The Balaban J connectivity index is 2.86. The van der Waals surface area contributed by atoms with Gasteiger partial charge in [-0.15, -0.1) is 0 Å². The van der Waals surface area contributed by atoms with Crippen molar-refractivity contribution in [1.82, 2.24) is 0 Å². The van der Waals surface area contributed by atoms with Crippen molar-refractivity contribution in [1.29, 1.82) is 0 Å². The Hall–Kier alpha value is -0.920. The second kappa shape index (κ2) is 3.65. The molecule has 0 saturated carbocycles. The summed E-state index contributed by atoms with van der Waals surface area (Å²) in [6.07, 6.45) is -1.96. The molecule has 0 spiro atoms. The van der Waals surface area contributed by atoms with Crippen molar-refractivity contribution in [3.05, 3.63) is 35.4 Å². The first-order chi connectivity index (χ1) is 5.61. The van der Waals surface area contributed by atoms with Gasteiger partial charge in [-0.2, -0.15) is 0 Å². The summed E-state index contributed by atoms with van der Waals surface area (Å²) < 4.78 is 25.3. The Morgan fingerprint density at radius 2 is 1.08 bits per heavy atom. The Bertz CT molecular complexity index is 210. The average molecular weight is 170 g/mol. The van der Waals surface area contributed by atoms with Crippen molar-refractivity contribution in [2.24, 2.45) is 0 Å². The highest BCUT2D eigenvalue weighted by Crippen LogP contribution is 2.21. The van der Waals surface area contributed by atoms with Gasteiger partial charge in [0.1, 0.15) is 12.3 Å². The van der Waals surface area contributed by atoms with E-state index in [1.54, 1.807) is 24.3 Å². The quantitative estimate of drug-likeness (QED) is 0.634. The van der Waals surface area contributed by atoms with Crippen molar-refractivity contribution in [3.8, 4) is 0 Å². The summed E-state index contributed by atoms with van der Waals surface area (Å²) in [5.41, 5.74) is 1.19. The molecule has 2 unspecified atom stereocenters. The maximum Gasteiger partial charge on any atom is 0.122 e. The highest BCUT2D eigenvalue weighted by molar-refractivity contribution is 5.25. The summed E-state index contributed by atoms with van der Waals surface area (Å²) in [5, 5.41) is 0. The average Bonchev–Trinajstić information content (AvgIpc) is 2.04. The van der Waals surface area contributed by atoms with E-state index in [0.29, 0.717) is 11.1 Å². The number of alkyl halides is 2. The third kappa shape index (κ3) is 2.03. The molecule has 1 aromatic rings. The third-order valence-electron chi connectivity index (χ3n) is 1.86. The predicted molar refractivity (Wildman–Crippen MR) is 45.5 cm³/mol. The van der Waals surface area contributed by atoms with Crippen molar-refractivity contribution in [3.63, 3.8) is 0 Å². The van der Waals surface area contributed by atoms with Crippen LogP contribution < -0.4 is 0 Å². The van der Waals surface area contributed by atoms with Crippen molar-refractivity contribution < 1.29 is 8.78 Å². The van der Waals surface area contributed by atoms with E-state index < -0.39 is 12.3 Å². The minimum absolute atomic E-state index is 0.597. The lowest BCUT2D eigenvalue weighted by Gasteiger charge is -2.04. The second-order valence-electron chi connectivity index (χ2n) is 2.90. The molecule has 0 saturated heterocycles. The predicted octanol–water partition coefficient (Wildman–Crippen LogP) is 3.75. The van der Waals surface area contributed by atoms with Gasteiger partial charge in [0.2, 0.25) is 0 Å². The van der Waals surface area contributed by atoms with Crippen LogP contribution in [0.4, 0.5) is 8.78 Å². The molecule has 1 rings (SSSR count). The molecule has 0 nitrogen and oxygen atoms in total. The van der Waals surface area contributed by atoms with Crippen molar-refractivity contribution >= 4 is 0 Å². The Kier molecular flexibility index (Phi) is 2.79. The zero-order chi connectivity index (χ0) is 9.14. The van der Waals surface area contributed by atoms with Crippen LogP contribution in [-0.2, 0) is 0 Å². The summed E-state index contributed by atoms with van der Waals surface area (Å²) in [4.78, 5) is 0. The third-order valence-corrected chi connectivity index (χ3v) is 1.86. The van der Waals surface area contributed by atoms with Crippen LogP contribution in [0.5, 0.6) is 0 Å². The van der Waals surface area contributed by atoms with Crippen LogP contribution in [0.2, 0.25) is 0 Å². The van der Waals surface area contributed by atoms with Crippen LogP contribution in [0.25, 0.3) is 0 Å². The fourth-order valence-electron chi connectivity index (χ4n) is 1.03. The monoisotopic (exact) mass is 170 g/mol. The molecule has 0 fully saturated rings. The first-order valence-corrected chi connectivity index (χ1v) is 3.99. The lowest BCUT2D eigenvalue weighted by atomic mass is 10.1. The summed E-state index contributed by atoms with van der Waals surface area (Å²) in [7, 11) is 0. The minimum atomic E-state index is -0.978. The highest BCUT2D eigenvalue weighted by Gasteiger charge is 2.05. The number of hydrogen-bond acceptors (Lipinski definition) is 0. The molecule has 0 aromatic heterocycles. The first kappa shape index (κ1) is 9.17. The molecule has 2 atom stereocenters. The number of benzene rings is 1. The van der Waals surface area contributed by atoms with Gasteiger partial charge in [-0.1, -0.05) is 24.3 Å². The van der Waals surface area contributed by atoms with Crippen LogP contribution >= 0.6 is 0 Å². The smallest absolute Gasteiger partial charge is 0.122 e. The highest BCUT2D eigenvalue weighted by atomic mass is 19.1. The summed E-state index contributed by atoms with van der Waals surface area (Å²) in [6.45, 7) is 2.93. The lowest BCUT2D eigenvalue weighted by molar-refractivity contribution is 0.368. The van der Waals surface area contributed by atoms with Gasteiger partial charge in [0.15, 0.2) is 0 Å². The Labute approximate surface area is 71.2 Å². The first-order valence-electron chi connectivity index (χ1n) is 3.99. The topological polar surface area (TPSA) is 0 Å². The largest absolute Gasteiger partial charge is 0.243 e. The molecule has 2 heteroatoms. The molecule has 1 aromatic carbocycles. The number of halogens is 2. The fourth-order valence-corrected chi connectivity index (χ4v) is 1.03. The molecule has 0 bridgehead atoms. The zero-order valence-corrected chi connectivity index (χ0v) is 7.22. The van der Waals surface area contributed by atoms with Crippen molar-refractivity contribution in [2.75, 3.05) is 0 Å². The zero-order valence-electron chi connectivity index (χ0n) is 7.22. The van der Waals surface area contributed by atoms with Crippen LogP contribution in [0.15, 0.2) is 24.3 Å². The maximum absolute atomic E-state index is 12.7. The number of rotatable bonds is 2. The Morgan fingerprint density at radius 3 is 1.25 bits per heavy atom. The molecule has 0 amide bonds.